The minimum Gasteiger partial charge on any atom is -0.354 e. The van der Waals surface area contributed by atoms with Crippen LogP contribution in [0, 0.1) is 11.8 Å². The molecule has 4 heteroatoms. The van der Waals surface area contributed by atoms with Crippen molar-refractivity contribution in [3.8, 4) is 0 Å². The number of benzene rings is 1. The van der Waals surface area contributed by atoms with Crippen LogP contribution in [0.3, 0.4) is 0 Å². The fourth-order valence-corrected chi connectivity index (χ4v) is 5.07. The third kappa shape index (κ3) is 3.33. The monoisotopic (exact) mass is 350 g/mol. The first kappa shape index (κ1) is 16.5. The molecular weight excluding hydrogens is 320 g/mol. The van der Waals surface area contributed by atoms with Crippen LogP contribution in [0.4, 0.5) is 5.82 Å². The van der Waals surface area contributed by atoms with Crippen LogP contribution in [0.2, 0.25) is 0 Å². The van der Waals surface area contributed by atoms with Crippen LogP contribution < -0.4 is 10.2 Å². The van der Waals surface area contributed by atoms with E-state index in [0.717, 1.165) is 42.3 Å². The topological polar surface area (TPSA) is 31.4 Å². The summed E-state index contributed by atoms with van der Waals surface area (Å²) in [7, 11) is 0. The molecule has 2 aromatic rings. The third-order valence-electron chi connectivity index (χ3n) is 6.57. The second-order valence-electron chi connectivity index (χ2n) is 8.32. The number of piperidine rings is 1. The molecule has 1 aromatic carbocycles. The van der Waals surface area contributed by atoms with E-state index in [1.807, 2.05) is 0 Å². The number of para-hydroxylation sites is 1. The summed E-state index contributed by atoms with van der Waals surface area (Å²) < 4.78 is 0. The van der Waals surface area contributed by atoms with Gasteiger partial charge in [0, 0.05) is 37.6 Å². The second kappa shape index (κ2) is 7.16. The molecule has 0 radical (unpaired) electrons. The second-order valence-corrected chi connectivity index (χ2v) is 8.32. The first-order valence-corrected chi connectivity index (χ1v) is 10.4. The molecule has 2 unspecified atom stereocenters. The molecule has 4 nitrogen and oxygen atoms in total. The lowest BCUT2D eigenvalue weighted by atomic mass is 9.87. The summed E-state index contributed by atoms with van der Waals surface area (Å²) in [5.74, 6) is 2.97. The number of aromatic nitrogens is 1. The predicted molar refractivity (Wildman–Crippen MR) is 108 cm³/mol. The number of fused-ring (bicyclic) bond motifs is 1. The molecule has 2 saturated heterocycles. The molecule has 0 bridgehead atoms. The van der Waals surface area contributed by atoms with Crippen LogP contribution in [0.5, 0.6) is 0 Å². The average Bonchev–Trinajstić information content (AvgIpc) is 3.54. The highest BCUT2D eigenvalue weighted by Gasteiger charge is 2.41. The smallest absolute Gasteiger partial charge is 0.129 e. The van der Waals surface area contributed by atoms with Crippen LogP contribution in [0.15, 0.2) is 36.4 Å². The largest absolute Gasteiger partial charge is 0.354 e. The Bertz CT molecular complexity index is 743. The van der Waals surface area contributed by atoms with Gasteiger partial charge in [-0.15, -0.1) is 0 Å². The molecule has 1 N–H and O–H groups in total. The molecule has 26 heavy (non-hydrogen) atoms. The Kier molecular flexibility index (Phi) is 4.55. The Morgan fingerprint density at radius 2 is 1.77 bits per heavy atom. The Morgan fingerprint density at radius 1 is 0.923 bits per heavy atom. The highest BCUT2D eigenvalue weighted by molar-refractivity contribution is 5.80. The molecule has 3 heterocycles. The van der Waals surface area contributed by atoms with E-state index < -0.39 is 0 Å². The summed E-state index contributed by atoms with van der Waals surface area (Å²) >= 11 is 0. The summed E-state index contributed by atoms with van der Waals surface area (Å²) in [5.41, 5.74) is 1.11. The zero-order chi connectivity index (χ0) is 17.3. The Hall–Kier alpha value is -1.65. The van der Waals surface area contributed by atoms with Crippen molar-refractivity contribution in [1.29, 1.82) is 0 Å². The van der Waals surface area contributed by atoms with Crippen molar-refractivity contribution in [2.24, 2.45) is 11.8 Å². The summed E-state index contributed by atoms with van der Waals surface area (Å²) in [6.07, 6.45) is 5.68. The standard InChI is InChI=1S/C22H30N4/c1-2-6-20-17(4-1)9-10-21(24-20)25-12-14-26(15-13-25)22(18-7-8-18)19-5-3-11-23-16-19/h1-2,4,6,9-10,18-19,22-23H,3,5,7-8,11-16H2. The summed E-state index contributed by atoms with van der Waals surface area (Å²) in [6.45, 7) is 7.03. The van der Waals surface area contributed by atoms with E-state index in [2.05, 4.69) is 51.5 Å². The number of piperazine rings is 1. The van der Waals surface area contributed by atoms with Gasteiger partial charge >= 0.3 is 0 Å². The van der Waals surface area contributed by atoms with Crippen molar-refractivity contribution >= 4 is 16.7 Å². The van der Waals surface area contributed by atoms with Gasteiger partial charge in [-0.25, -0.2) is 4.98 Å². The number of nitrogens with one attached hydrogen (secondary N) is 1. The summed E-state index contributed by atoms with van der Waals surface area (Å²) in [6, 6.07) is 13.6. The van der Waals surface area contributed by atoms with Gasteiger partial charge in [-0.05, 0) is 68.8 Å². The van der Waals surface area contributed by atoms with E-state index in [-0.39, 0.29) is 0 Å². The summed E-state index contributed by atoms with van der Waals surface area (Å²) in [4.78, 5) is 10.2. The van der Waals surface area contributed by atoms with Crippen LogP contribution in [-0.4, -0.2) is 55.2 Å². The zero-order valence-corrected chi connectivity index (χ0v) is 15.6. The lowest BCUT2D eigenvalue weighted by Crippen LogP contribution is -2.55. The maximum Gasteiger partial charge on any atom is 0.129 e. The van der Waals surface area contributed by atoms with E-state index in [0.29, 0.717) is 0 Å². The highest BCUT2D eigenvalue weighted by Crippen LogP contribution is 2.40. The van der Waals surface area contributed by atoms with E-state index in [1.165, 1.54) is 57.2 Å². The predicted octanol–water partition coefficient (Wildman–Crippen LogP) is 3.14. The molecule has 2 atom stereocenters. The SMILES string of the molecule is c1ccc2nc(N3CCN(C(C4CC4)C4CCCNC4)CC3)ccc2c1. The Balaban J connectivity index is 1.27. The Morgan fingerprint density at radius 3 is 2.54 bits per heavy atom. The number of rotatable bonds is 4. The van der Waals surface area contributed by atoms with E-state index in [4.69, 9.17) is 4.98 Å². The fourth-order valence-electron chi connectivity index (χ4n) is 5.07. The van der Waals surface area contributed by atoms with Crippen LogP contribution in [0.1, 0.15) is 25.7 Å². The average molecular weight is 351 g/mol. The Labute approximate surface area is 156 Å². The third-order valence-corrected chi connectivity index (χ3v) is 6.57. The van der Waals surface area contributed by atoms with Gasteiger partial charge in [0.15, 0.2) is 0 Å². The van der Waals surface area contributed by atoms with Gasteiger partial charge in [0.25, 0.3) is 0 Å². The maximum atomic E-state index is 4.90. The maximum absolute atomic E-state index is 4.90. The minimum absolute atomic E-state index is 0.814. The number of hydrogen-bond donors (Lipinski definition) is 1. The van der Waals surface area contributed by atoms with Crippen molar-refractivity contribution in [1.82, 2.24) is 15.2 Å². The molecule has 1 aromatic heterocycles. The van der Waals surface area contributed by atoms with Crippen molar-refractivity contribution in [2.45, 2.75) is 31.7 Å². The molecule has 3 fully saturated rings. The van der Waals surface area contributed by atoms with Crippen molar-refractivity contribution in [2.75, 3.05) is 44.2 Å². The van der Waals surface area contributed by atoms with Gasteiger partial charge in [-0.3, -0.25) is 4.90 Å². The highest BCUT2D eigenvalue weighted by atomic mass is 15.3. The van der Waals surface area contributed by atoms with E-state index in [1.54, 1.807) is 0 Å². The van der Waals surface area contributed by atoms with Gasteiger partial charge in [-0.1, -0.05) is 18.2 Å². The molecule has 1 aliphatic carbocycles. The molecule has 3 aliphatic rings. The quantitative estimate of drug-likeness (QED) is 0.918. The van der Waals surface area contributed by atoms with Crippen LogP contribution in [-0.2, 0) is 0 Å². The van der Waals surface area contributed by atoms with E-state index >= 15 is 0 Å². The molecule has 0 spiro atoms. The number of anilines is 1. The molecule has 0 amide bonds. The van der Waals surface area contributed by atoms with Crippen molar-refractivity contribution in [3.05, 3.63) is 36.4 Å². The first-order valence-electron chi connectivity index (χ1n) is 10.4. The number of hydrogen-bond acceptors (Lipinski definition) is 4. The lowest BCUT2D eigenvalue weighted by molar-refractivity contribution is 0.0995. The van der Waals surface area contributed by atoms with Gasteiger partial charge in [0.1, 0.15) is 5.82 Å². The van der Waals surface area contributed by atoms with Crippen molar-refractivity contribution in [3.63, 3.8) is 0 Å². The molecule has 2 aliphatic heterocycles. The molecular formula is C22H30N4. The molecule has 5 rings (SSSR count). The fraction of sp³-hybridized carbons (Fsp3) is 0.591. The summed E-state index contributed by atoms with van der Waals surface area (Å²) in [5, 5.41) is 4.87. The normalized spacial score (nSPS) is 26.2. The molecule has 138 valence electrons. The van der Waals surface area contributed by atoms with Gasteiger partial charge in [-0.2, -0.15) is 0 Å². The van der Waals surface area contributed by atoms with Gasteiger partial charge in [0.05, 0.1) is 5.52 Å². The van der Waals surface area contributed by atoms with Gasteiger partial charge < -0.3 is 10.2 Å². The molecule has 1 saturated carbocycles. The lowest BCUT2D eigenvalue weighted by Gasteiger charge is -2.44. The van der Waals surface area contributed by atoms with E-state index in [9.17, 15) is 0 Å². The van der Waals surface area contributed by atoms with Gasteiger partial charge in [0.2, 0.25) is 0 Å². The first-order chi connectivity index (χ1) is 12.9. The zero-order valence-electron chi connectivity index (χ0n) is 15.6. The van der Waals surface area contributed by atoms with Crippen LogP contribution >= 0.6 is 0 Å². The van der Waals surface area contributed by atoms with Crippen molar-refractivity contribution < 1.29 is 0 Å². The minimum atomic E-state index is 0.814. The van der Waals surface area contributed by atoms with Crippen LogP contribution in [0.25, 0.3) is 10.9 Å². The number of nitrogens with zero attached hydrogens (tertiary/aromatic N) is 3. The number of pyridine rings is 1.